The Balaban J connectivity index is 1.86. The Labute approximate surface area is 129 Å². The third kappa shape index (κ3) is 4.97. The smallest absolute Gasteiger partial charge is 0.387 e. The lowest BCUT2D eigenvalue weighted by Crippen LogP contribution is -2.32. The third-order valence-corrected chi connectivity index (χ3v) is 3.39. The molecule has 1 unspecified atom stereocenters. The molecule has 0 radical (unpaired) electrons. The maximum Gasteiger partial charge on any atom is 0.387 e. The first-order valence-electron chi connectivity index (χ1n) is 6.34. The van der Waals surface area contributed by atoms with Gasteiger partial charge in [0, 0.05) is 11.9 Å². The molecule has 118 valence electrons. The number of anilines is 1. The molecule has 0 bridgehead atoms. The summed E-state index contributed by atoms with van der Waals surface area (Å²) in [7, 11) is 0. The summed E-state index contributed by atoms with van der Waals surface area (Å²) in [5, 5.41) is 18.6. The molecule has 5 nitrogen and oxygen atoms in total. The Morgan fingerprint density at radius 3 is 2.86 bits per heavy atom. The number of urea groups is 1. The fourth-order valence-corrected chi connectivity index (χ4v) is 2.30. The highest BCUT2D eigenvalue weighted by atomic mass is 32.1. The first-order chi connectivity index (χ1) is 10.5. The van der Waals surface area contributed by atoms with Crippen molar-refractivity contribution in [3.8, 4) is 5.75 Å². The zero-order valence-electron chi connectivity index (χ0n) is 11.3. The summed E-state index contributed by atoms with van der Waals surface area (Å²) in [4.78, 5) is 11.6. The van der Waals surface area contributed by atoms with Crippen molar-refractivity contribution in [2.75, 3.05) is 11.9 Å². The number of amides is 2. The van der Waals surface area contributed by atoms with Crippen LogP contribution in [0, 0.1) is 0 Å². The molecule has 1 atom stereocenters. The van der Waals surface area contributed by atoms with Crippen LogP contribution in [-0.4, -0.2) is 24.3 Å². The predicted molar refractivity (Wildman–Crippen MR) is 79.4 cm³/mol. The van der Waals surface area contributed by atoms with E-state index in [2.05, 4.69) is 15.4 Å². The number of hydrogen-bond acceptors (Lipinski definition) is 4. The number of thiophene rings is 1. The van der Waals surface area contributed by atoms with Crippen molar-refractivity contribution in [2.45, 2.75) is 12.7 Å². The van der Waals surface area contributed by atoms with Gasteiger partial charge in [-0.2, -0.15) is 20.1 Å². The van der Waals surface area contributed by atoms with Crippen LogP contribution in [0.25, 0.3) is 0 Å². The minimum absolute atomic E-state index is 0.0470. The Bertz CT molecular complexity index is 608. The van der Waals surface area contributed by atoms with Crippen LogP contribution < -0.4 is 15.4 Å². The molecule has 0 aliphatic heterocycles. The zero-order chi connectivity index (χ0) is 15.9. The lowest BCUT2D eigenvalue weighted by atomic mass is 10.1. The molecule has 0 fully saturated rings. The second-order valence-electron chi connectivity index (χ2n) is 4.31. The normalized spacial score (nSPS) is 12.0. The molecule has 1 aromatic carbocycles. The van der Waals surface area contributed by atoms with Crippen molar-refractivity contribution < 1.29 is 23.4 Å². The first kappa shape index (κ1) is 16.2. The second kappa shape index (κ2) is 7.71. The van der Waals surface area contributed by atoms with E-state index in [1.807, 2.05) is 5.38 Å². The molecule has 0 saturated heterocycles. The number of aliphatic hydroxyl groups excluding tert-OH is 1. The topological polar surface area (TPSA) is 70.6 Å². The number of ether oxygens (including phenoxy) is 1. The van der Waals surface area contributed by atoms with Gasteiger partial charge in [0.2, 0.25) is 0 Å². The summed E-state index contributed by atoms with van der Waals surface area (Å²) in [6.07, 6.45) is -1.03. The average molecular weight is 328 g/mol. The number of hydrogen-bond donors (Lipinski definition) is 3. The Hall–Kier alpha value is -2.19. The largest absolute Gasteiger partial charge is 0.435 e. The molecule has 8 heteroatoms. The highest BCUT2D eigenvalue weighted by Gasteiger charge is 2.12. The van der Waals surface area contributed by atoms with Crippen LogP contribution in [-0.2, 0) is 0 Å². The Morgan fingerprint density at radius 2 is 2.18 bits per heavy atom. The van der Waals surface area contributed by atoms with Gasteiger partial charge < -0.3 is 20.5 Å². The van der Waals surface area contributed by atoms with E-state index in [4.69, 9.17) is 0 Å². The lowest BCUT2D eigenvalue weighted by Gasteiger charge is -2.14. The number of carbonyl (C=O) groups is 1. The lowest BCUT2D eigenvalue weighted by molar-refractivity contribution is -0.0499. The number of halogens is 2. The van der Waals surface area contributed by atoms with Crippen LogP contribution in [0.3, 0.4) is 0 Å². The number of aliphatic hydroxyl groups is 1. The Kier molecular flexibility index (Phi) is 5.68. The number of benzene rings is 1. The van der Waals surface area contributed by atoms with Crippen LogP contribution in [0.1, 0.15) is 11.7 Å². The maximum atomic E-state index is 12.1. The van der Waals surface area contributed by atoms with E-state index >= 15 is 0 Å². The van der Waals surface area contributed by atoms with Gasteiger partial charge in [-0.1, -0.05) is 12.1 Å². The van der Waals surface area contributed by atoms with Crippen molar-refractivity contribution in [1.82, 2.24) is 5.32 Å². The molecule has 2 rings (SSSR count). The molecule has 0 spiro atoms. The van der Waals surface area contributed by atoms with Gasteiger partial charge in [0.1, 0.15) is 5.75 Å². The molecular weight excluding hydrogens is 314 g/mol. The van der Waals surface area contributed by atoms with E-state index in [-0.39, 0.29) is 12.3 Å². The quantitative estimate of drug-likeness (QED) is 0.762. The van der Waals surface area contributed by atoms with Gasteiger partial charge in [0.15, 0.2) is 0 Å². The summed E-state index contributed by atoms with van der Waals surface area (Å²) < 4.78 is 28.5. The maximum absolute atomic E-state index is 12.1. The highest BCUT2D eigenvalue weighted by molar-refractivity contribution is 7.08. The van der Waals surface area contributed by atoms with Gasteiger partial charge in [-0.25, -0.2) is 4.79 Å². The number of nitrogens with one attached hydrogen (secondary N) is 2. The van der Waals surface area contributed by atoms with Crippen LogP contribution in [0.5, 0.6) is 5.75 Å². The monoisotopic (exact) mass is 328 g/mol. The summed E-state index contributed by atoms with van der Waals surface area (Å²) >= 11 is 1.44. The molecular formula is C14H14F2N2O3S. The molecule has 1 aromatic heterocycles. The number of alkyl halides is 2. The van der Waals surface area contributed by atoms with E-state index in [1.165, 1.54) is 29.5 Å². The summed E-state index contributed by atoms with van der Waals surface area (Å²) in [5.41, 5.74) is 1.03. The van der Waals surface area contributed by atoms with Gasteiger partial charge in [0.05, 0.1) is 11.8 Å². The molecule has 0 aliphatic carbocycles. The van der Waals surface area contributed by atoms with E-state index < -0.39 is 18.7 Å². The molecule has 0 saturated carbocycles. The molecule has 2 amide bonds. The Morgan fingerprint density at radius 1 is 1.36 bits per heavy atom. The molecule has 0 aliphatic rings. The van der Waals surface area contributed by atoms with Crippen LogP contribution in [0.2, 0.25) is 0 Å². The summed E-state index contributed by atoms with van der Waals surface area (Å²) in [6.45, 7) is -2.99. The van der Waals surface area contributed by atoms with Crippen molar-refractivity contribution >= 4 is 23.1 Å². The van der Waals surface area contributed by atoms with Crippen molar-refractivity contribution in [3.05, 3.63) is 46.7 Å². The minimum atomic E-state index is -2.93. The molecule has 2 aromatic rings. The summed E-state index contributed by atoms with van der Waals surface area (Å²) in [6, 6.07) is 6.99. The SMILES string of the molecule is O=C(NCC(O)c1cccc(OC(F)F)c1)Nc1ccsc1. The molecule has 3 N–H and O–H groups in total. The van der Waals surface area contributed by atoms with E-state index in [9.17, 15) is 18.7 Å². The highest BCUT2D eigenvalue weighted by Crippen LogP contribution is 2.20. The fourth-order valence-electron chi connectivity index (χ4n) is 1.72. The fraction of sp³-hybridized carbons (Fsp3) is 0.214. The van der Waals surface area contributed by atoms with Crippen molar-refractivity contribution in [3.63, 3.8) is 0 Å². The van der Waals surface area contributed by atoms with Crippen LogP contribution >= 0.6 is 11.3 Å². The minimum Gasteiger partial charge on any atom is -0.435 e. The predicted octanol–water partition coefficient (Wildman–Crippen LogP) is 3.20. The van der Waals surface area contributed by atoms with E-state index in [0.717, 1.165) is 0 Å². The van der Waals surface area contributed by atoms with Crippen molar-refractivity contribution in [2.24, 2.45) is 0 Å². The average Bonchev–Trinajstić information content (AvgIpc) is 2.97. The molecule has 22 heavy (non-hydrogen) atoms. The van der Waals surface area contributed by atoms with Gasteiger partial charge in [0.25, 0.3) is 0 Å². The summed E-state index contributed by atoms with van der Waals surface area (Å²) in [5.74, 6) is -0.0470. The first-order valence-corrected chi connectivity index (χ1v) is 7.29. The molecule has 1 heterocycles. The van der Waals surface area contributed by atoms with Crippen LogP contribution in [0.4, 0.5) is 19.3 Å². The van der Waals surface area contributed by atoms with Gasteiger partial charge in [-0.15, -0.1) is 0 Å². The second-order valence-corrected chi connectivity index (χ2v) is 5.09. The number of rotatable bonds is 6. The number of carbonyl (C=O) groups excluding carboxylic acids is 1. The third-order valence-electron chi connectivity index (χ3n) is 2.70. The standard InChI is InChI=1S/C14H14F2N2O3S/c15-13(16)21-11-3-1-2-9(6-11)12(19)7-17-14(20)18-10-4-5-22-8-10/h1-6,8,12-13,19H,7H2,(H2,17,18,20). The van der Waals surface area contributed by atoms with Gasteiger partial charge in [-0.05, 0) is 29.1 Å². The van der Waals surface area contributed by atoms with Gasteiger partial charge >= 0.3 is 12.6 Å². The van der Waals surface area contributed by atoms with Crippen molar-refractivity contribution in [1.29, 1.82) is 0 Å². The van der Waals surface area contributed by atoms with E-state index in [0.29, 0.717) is 11.3 Å². The van der Waals surface area contributed by atoms with Gasteiger partial charge in [-0.3, -0.25) is 0 Å². The van der Waals surface area contributed by atoms with E-state index in [1.54, 1.807) is 17.5 Å². The zero-order valence-corrected chi connectivity index (χ0v) is 12.1. The van der Waals surface area contributed by atoms with Crippen LogP contribution in [0.15, 0.2) is 41.1 Å².